The Morgan fingerprint density at radius 1 is 1.38 bits per heavy atom. The summed E-state index contributed by atoms with van der Waals surface area (Å²) < 4.78 is 0. The van der Waals surface area contributed by atoms with Gasteiger partial charge in [-0.05, 0) is 11.5 Å². The first-order chi connectivity index (χ1) is 7.55. The molecule has 0 aliphatic heterocycles. The van der Waals surface area contributed by atoms with Crippen LogP contribution in [-0.2, 0) is 15.1 Å². The van der Waals surface area contributed by atoms with Crippen LogP contribution >= 0.6 is 0 Å². The highest BCUT2D eigenvalue weighted by molar-refractivity contribution is 5.83. The maximum atomic E-state index is 11.4. The number of hydrogen-bond acceptors (Lipinski definition) is 2. The van der Waals surface area contributed by atoms with Gasteiger partial charge in [0.2, 0.25) is 6.41 Å². The van der Waals surface area contributed by atoms with Crippen molar-refractivity contribution < 1.29 is 14.7 Å². The second-order valence-electron chi connectivity index (χ2n) is 3.90. The minimum absolute atomic E-state index is 0.252. The van der Waals surface area contributed by atoms with Gasteiger partial charge in [0.05, 0.1) is 0 Å². The molecule has 1 rings (SSSR count). The third kappa shape index (κ3) is 1.91. The van der Waals surface area contributed by atoms with Crippen molar-refractivity contribution in [2.45, 2.75) is 19.4 Å². The molecule has 0 saturated heterocycles. The summed E-state index contributed by atoms with van der Waals surface area (Å²) in [6.07, 6.45) is 0.432. The Morgan fingerprint density at radius 3 is 2.31 bits per heavy atom. The van der Waals surface area contributed by atoms with E-state index in [1.54, 1.807) is 44.2 Å². The molecule has 0 heterocycles. The fourth-order valence-corrected chi connectivity index (χ4v) is 1.81. The third-order valence-corrected chi connectivity index (χ3v) is 2.72. The minimum atomic E-state index is -1.36. The molecule has 86 valence electrons. The van der Waals surface area contributed by atoms with Gasteiger partial charge in [-0.2, -0.15) is 0 Å². The first kappa shape index (κ1) is 12.2. The predicted molar refractivity (Wildman–Crippen MR) is 59.8 cm³/mol. The fourth-order valence-electron chi connectivity index (χ4n) is 1.81. The summed E-state index contributed by atoms with van der Waals surface area (Å²) in [5, 5.41) is 11.8. The number of amides is 1. The number of carboxylic acids is 1. The summed E-state index contributed by atoms with van der Waals surface area (Å²) in [6.45, 7) is 3.52. The van der Waals surface area contributed by atoms with E-state index < -0.39 is 11.5 Å². The molecule has 0 bridgehead atoms. The first-order valence-corrected chi connectivity index (χ1v) is 5.06. The van der Waals surface area contributed by atoms with Gasteiger partial charge in [-0.15, -0.1) is 0 Å². The van der Waals surface area contributed by atoms with Crippen molar-refractivity contribution in [3.05, 3.63) is 35.9 Å². The van der Waals surface area contributed by atoms with Crippen LogP contribution in [0.5, 0.6) is 0 Å². The molecule has 16 heavy (non-hydrogen) atoms. The zero-order valence-corrected chi connectivity index (χ0v) is 9.31. The third-order valence-electron chi connectivity index (χ3n) is 2.72. The zero-order chi connectivity index (χ0) is 12.2. The van der Waals surface area contributed by atoms with Gasteiger partial charge < -0.3 is 10.4 Å². The highest BCUT2D eigenvalue weighted by Gasteiger charge is 2.43. The maximum Gasteiger partial charge on any atom is 0.334 e. The summed E-state index contributed by atoms with van der Waals surface area (Å²) in [6, 6.07) is 8.70. The van der Waals surface area contributed by atoms with Crippen LogP contribution in [0.4, 0.5) is 0 Å². The van der Waals surface area contributed by atoms with E-state index in [9.17, 15) is 14.7 Å². The molecule has 1 atom stereocenters. The van der Waals surface area contributed by atoms with Gasteiger partial charge in [0, 0.05) is 0 Å². The maximum absolute atomic E-state index is 11.4. The lowest BCUT2D eigenvalue weighted by atomic mass is 9.80. The van der Waals surface area contributed by atoms with Gasteiger partial charge in [0.15, 0.2) is 5.54 Å². The molecule has 1 unspecified atom stereocenters. The van der Waals surface area contributed by atoms with E-state index in [-0.39, 0.29) is 5.92 Å². The molecule has 0 aliphatic carbocycles. The fraction of sp³-hybridized carbons (Fsp3) is 0.333. The average molecular weight is 221 g/mol. The molecule has 0 radical (unpaired) electrons. The molecule has 4 heteroatoms. The molecule has 0 spiro atoms. The van der Waals surface area contributed by atoms with Crippen molar-refractivity contribution in [1.82, 2.24) is 5.32 Å². The quantitative estimate of drug-likeness (QED) is 0.738. The Bertz CT molecular complexity index is 375. The molecule has 1 aromatic rings. The molecule has 4 nitrogen and oxygen atoms in total. The molecule has 1 aromatic carbocycles. The van der Waals surface area contributed by atoms with Crippen molar-refractivity contribution in [1.29, 1.82) is 0 Å². The van der Waals surface area contributed by atoms with Crippen molar-refractivity contribution in [3.8, 4) is 0 Å². The number of carboxylic acid groups (broad SMARTS) is 1. The van der Waals surface area contributed by atoms with Crippen molar-refractivity contribution in [2.24, 2.45) is 5.92 Å². The van der Waals surface area contributed by atoms with E-state index in [4.69, 9.17) is 0 Å². The predicted octanol–water partition coefficient (Wildman–Crippen LogP) is 1.37. The summed E-state index contributed by atoms with van der Waals surface area (Å²) in [5.74, 6) is -1.31. The van der Waals surface area contributed by atoms with Crippen LogP contribution in [0.1, 0.15) is 19.4 Å². The van der Waals surface area contributed by atoms with Crippen molar-refractivity contribution in [3.63, 3.8) is 0 Å². The molecule has 1 amide bonds. The lowest BCUT2D eigenvalue weighted by Gasteiger charge is -2.33. The first-order valence-electron chi connectivity index (χ1n) is 5.06. The molecule has 0 saturated carbocycles. The van der Waals surface area contributed by atoms with Crippen molar-refractivity contribution in [2.75, 3.05) is 0 Å². The van der Waals surface area contributed by atoms with E-state index >= 15 is 0 Å². The number of nitrogens with one attached hydrogen (secondary N) is 1. The van der Waals surface area contributed by atoms with Gasteiger partial charge in [-0.1, -0.05) is 44.2 Å². The lowest BCUT2D eigenvalue weighted by molar-refractivity contribution is -0.149. The Hall–Kier alpha value is -1.84. The van der Waals surface area contributed by atoms with E-state index in [1.807, 2.05) is 0 Å². The second kappa shape index (κ2) is 4.79. The number of rotatable bonds is 5. The van der Waals surface area contributed by atoms with Crippen molar-refractivity contribution >= 4 is 12.4 Å². The van der Waals surface area contributed by atoms with E-state index in [0.717, 1.165) is 0 Å². The molecule has 0 fully saturated rings. The largest absolute Gasteiger partial charge is 0.479 e. The number of hydrogen-bond donors (Lipinski definition) is 2. The van der Waals surface area contributed by atoms with Crippen LogP contribution in [0.3, 0.4) is 0 Å². The molecule has 0 aromatic heterocycles. The Labute approximate surface area is 94.3 Å². The average Bonchev–Trinajstić information content (AvgIpc) is 2.26. The topological polar surface area (TPSA) is 66.4 Å². The lowest BCUT2D eigenvalue weighted by Crippen LogP contribution is -2.52. The SMILES string of the molecule is CC(C)C(NC=O)(C(=O)O)c1ccccc1. The summed E-state index contributed by atoms with van der Waals surface area (Å²) in [5.41, 5.74) is -0.784. The Balaban J connectivity index is 3.32. The van der Waals surface area contributed by atoms with Gasteiger partial charge in [0.25, 0.3) is 0 Å². The van der Waals surface area contributed by atoms with Gasteiger partial charge in [0.1, 0.15) is 0 Å². The Morgan fingerprint density at radius 2 is 1.94 bits per heavy atom. The van der Waals surface area contributed by atoms with Crippen LogP contribution in [0.15, 0.2) is 30.3 Å². The summed E-state index contributed by atoms with van der Waals surface area (Å²) >= 11 is 0. The Kier molecular flexibility index (Phi) is 3.66. The van der Waals surface area contributed by atoms with Gasteiger partial charge in [-0.25, -0.2) is 4.79 Å². The number of carbonyl (C=O) groups is 2. The highest BCUT2D eigenvalue weighted by atomic mass is 16.4. The van der Waals surface area contributed by atoms with E-state index in [2.05, 4.69) is 5.32 Å². The van der Waals surface area contributed by atoms with Crippen LogP contribution < -0.4 is 5.32 Å². The summed E-state index contributed by atoms with van der Waals surface area (Å²) in [7, 11) is 0. The van der Waals surface area contributed by atoms with E-state index in [0.29, 0.717) is 12.0 Å². The monoisotopic (exact) mass is 221 g/mol. The number of aliphatic carboxylic acids is 1. The van der Waals surface area contributed by atoms with Crippen LogP contribution in [0.2, 0.25) is 0 Å². The molecular weight excluding hydrogens is 206 g/mol. The van der Waals surface area contributed by atoms with Crippen LogP contribution in [0, 0.1) is 5.92 Å². The number of benzene rings is 1. The standard InChI is InChI=1S/C12H15NO3/c1-9(2)12(11(15)16,13-8-14)10-6-4-3-5-7-10/h3-9H,1-2H3,(H,13,14)(H,15,16). The number of carbonyl (C=O) groups excluding carboxylic acids is 1. The normalized spacial score (nSPS) is 14.2. The molecule has 2 N–H and O–H groups in total. The van der Waals surface area contributed by atoms with Crippen LogP contribution in [-0.4, -0.2) is 17.5 Å². The molecule has 0 aliphatic rings. The smallest absolute Gasteiger partial charge is 0.334 e. The summed E-state index contributed by atoms with van der Waals surface area (Å²) in [4.78, 5) is 22.1. The van der Waals surface area contributed by atoms with E-state index in [1.165, 1.54) is 0 Å². The molecular formula is C12H15NO3. The highest BCUT2D eigenvalue weighted by Crippen LogP contribution is 2.29. The van der Waals surface area contributed by atoms with Gasteiger partial charge in [-0.3, -0.25) is 4.79 Å². The second-order valence-corrected chi connectivity index (χ2v) is 3.90. The zero-order valence-electron chi connectivity index (χ0n) is 9.31. The minimum Gasteiger partial charge on any atom is -0.479 e. The van der Waals surface area contributed by atoms with Gasteiger partial charge >= 0.3 is 5.97 Å². The van der Waals surface area contributed by atoms with Crippen LogP contribution in [0.25, 0.3) is 0 Å².